The molecule has 0 radical (unpaired) electrons. The average molecular weight is 306 g/mol. The van der Waals surface area contributed by atoms with Crippen LogP contribution in [-0.4, -0.2) is 68.0 Å². The Morgan fingerprint density at radius 1 is 1.18 bits per heavy atom. The highest BCUT2D eigenvalue weighted by Crippen LogP contribution is 2.16. The molecule has 1 fully saturated rings. The van der Waals surface area contributed by atoms with Gasteiger partial charge in [-0.25, -0.2) is 4.79 Å². The molecule has 2 amide bonds. The lowest BCUT2D eigenvalue weighted by molar-refractivity contribution is 0.190. The summed E-state index contributed by atoms with van der Waals surface area (Å²) >= 11 is 0. The molecule has 2 rings (SSSR count). The zero-order chi connectivity index (χ0) is 15.8. The maximum Gasteiger partial charge on any atom is 0.314 e. The summed E-state index contributed by atoms with van der Waals surface area (Å²) in [5, 5.41) is 14.1. The van der Waals surface area contributed by atoms with Gasteiger partial charge < -0.3 is 20.6 Å². The largest absolute Gasteiger partial charge is 0.395 e. The number of aliphatic hydroxyl groups is 1. The van der Waals surface area contributed by atoms with Crippen molar-refractivity contribution in [3.63, 3.8) is 0 Å². The molecule has 0 aliphatic carbocycles. The van der Waals surface area contributed by atoms with E-state index in [1.165, 1.54) is 5.69 Å². The third kappa shape index (κ3) is 4.89. The van der Waals surface area contributed by atoms with Gasteiger partial charge >= 0.3 is 6.03 Å². The average Bonchev–Trinajstić information content (AvgIpc) is 2.58. The number of hydrogen-bond acceptors (Lipinski definition) is 4. The minimum atomic E-state index is -0.219. The fourth-order valence-electron chi connectivity index (χ4n) is 2.66. The molecule has 1 aliphatic heterocycles. The number of amides is 2. The van der Waals surface area contributed by atoms with Crippen molar-refractivity contribution in [3.8, 4) is 0 Å². The smallest absolute Gasteiger partial charge is 0.314 e. The summed E-state index contributed by atoms with van der Waals surface area (Å²) in [7, 11) is 0. The van der Waals surface area contributed by atoms with Crippen LogP contribution in [0.2, 0.25) is 0 Å². The van der Waals surface area contributed by atoms with Crippen LogP contribution in [0.5, 0.6) is 0 Å². The minimum absolute atomic E-state index is 0.0373. The molecule has 1 aromatic carbocycles. The lowest BCUT2D eigenvalue weighted by atomic mass is 10.2. The SMILES string of the molecule is CC(CNC(=O)NCCO)N1CCN(c2ccccc2)CC1. The van der Waals surface area contributed by atoms with Gasteiger partial charge in [0.1, 0.15) is 0 Å². The Labute approximate surface area is 132 Å². The Bertz CT molecular complexity index is 447. The third-order valence-electron chi connectivity index (χ3n) is 4.01. The summed E-state index contributed by atoms with van der Waals surface area (Å²) in [6.07, 6.45) is 0. The van der Waals surface area contributed by atoms with E-state index in [9.17, 15) is 4.79 Å². The van der Waals surface area contributed by atoms with Crippen molar-refractivity contribution >= 4 is 11.7 Å². The standard InChI is InChI=1S/C16H26N4O2/c1-14(13-18-16(22)17-7-12-21)19-8-10-20(11-9-19)15-5-3-2-4-6-15/h2-6,14,21H,7-13H2,1H3,(H2,17,18,22). The number of benzene rings is 1. The van der Waals surface area contributed by atoms with Crippen molar-refractivity contribution in [1.29, 1.82) is 0 Å². The highest BCUT2D eigenvalue weighted by atomic mass is 16.3. The van der Waals surface area contributed by atoms with Crippen LogP contribution in [0.15, 0.2) is 30.3 Å². The van der Waals surface area contributed by atoms with Crippen molar-refractivity contribution < 1.29 is 9.90 Å². The van der Waals surface area contributed by atoms with Crippen molar-refractivity contribution in [2.75, 3.05) is 50.8 Å². The molecule has 22 heavy (non-hydrogen) atoms. The van der Waals surface area contributed by atoms with Gasteiger partial charge in [0.25, 0.3) is 0 Å². The van der Waals surface area contributed by atoms with Crippen LogP contribution in [-0.2, 0) is 0 Å². The van der Waals surface area contributed by atoms with Crippen molar-refractivity contribution in [2.24, 2.45) is 0 Å². The summed E-state index contributed by atoms with van der Waals surface area (Å²) in [6, 6.07) is 10.5. The lowest BCUT2D eigenvalue weighted by Gasteiger charge is -2.39. The normalized spacial score (nSPS) is 17.1. The van der Waals surface area contributed by atoms with Gasteiger partial charge in [0.2, 0.25) is 0 Å². The van der Waals surface area contributed by atoms with E-state index in [2.05, 4.69) is 51.6 Å². The van der Waals surface area contributed by atoms with Gasteiger partial charge in [0.05, 0.1) is 6.61 Å². The second-order valence-electron chi connectivity index (χ2n) is 5.57. The summed E-state index contributed by atoms with van der Waals surface area (Å²) < 4.78 is 0. The molecule has 0 spiro atoms. The molecular weight excluding hydrogens is 280 g/mol. The quantitative estimate of drug-likeness (QED) is 0.715. The molecule has 6 nitrogen and oxygen atoms in total. The topological polar surface area (TPSA) is 67.8 Å². The monoisotopic (exact) mass is 306 g/mol. The molecule has 1 heterocycles. The van der Waals surface area contributed by atoms with Crippen LogP contribution in [0.1, 0.15) is 6.92 Å². The number of para-hydroxylation sites is 1. The van der Waals surface area contributed by atoms with Crippen molar-refractivity contribution in [2.45, 2.75) is 13.0 Å². The number of aliphatic hydroxyl groups excluding tert-OH is 1. The number of carbonyl (C=O) groups excluding carboxylic acids is 1. The van der Waals surface area contributed by atoms with Crippen LogP contribution in [0, 0.1) is 0 Å². The number of hydrogen-bond donors (Lipinski definition) is 3. The van der Waals surface area contributed by atoms with Gasteiger partial charge in [0.15, 0.2) is 0 Å². The zero-order valence-corrected chi connectivity index (χ0v) is 13.2. The molecule has 6 heteroatoms. The molecule has 0 saturated carbocycles. The van der Waals surface area contributed by atoms with E-state index in [0.29, 0.717) is 12.6 Å². The number of nitrogens with one attached hydrogen (secondary N) is 2. The number of urea groups is 1. The van der Waals surface area contributed by atoms with Crippen LogP contribution in [0.3, 0.4) is 0 Å². The molecular formula is C16H26N4O2. The number of rotatable bonds is 6. The van der Waals surface area contributed by atoms with E-state index in [1.54, 1.807) is 0 Å². The summed E-state index contributed by atoms with van der Waals surface area (Å²) in [6.45, 7) is 7.00. The molecule has 1 aliphatic rings. The Hall–Kier alpha value is -1.79. The van der Waals surface area contributed by atoms with E-state index in [0.717, 1.165) is 26.2 Å². The number of carbonyl (C=O) groups is 1. The number of piperazine rings is 1. The minimum Gasteiger partial charge on any atom is -0.395 e. The van der Waals surface area contributed by atoms with E-state index in [-0.39, 0.29) is 19.2 Å². The van der Waals surface area contributed by atoms with Gasteiger partial charge in [-0.1, -0.05) is 18.2 Å². The van der Waals surface area contributed by atoms with Gasteiger partial charge in [-0.15, -0.1) is 0 Å². The van der Waals surface area contributed by atoms with Crippen LogP contribution in [0.4, 0.5) is 10.5 Å². The van der Waals surface area contributed by atoms with Gasteiger partial charge in [-0.05, 0) is 19.1 Å². The Morgan fingerprint density at radius 3 is 2.50 bits per heavy atom. The fraction of sp³-hybridized carbons (Fsp3) is 0.562. The molecule has 3 N–H and O–H groups in total. The predicted molar refractivity (Wildman–Crippen MR) is 88.2 cm³/mol. The van der Waals surface area contributed by atoms with Crippen molar-refractivity contribution in [3.05, 3.63) is 30.3 Å². The second-order valence-corrected chi connectivity index (χ2v) is 5.57. The maximum absolute atomic E-state index is 11.5. The predicted octanol–water partition coefficient (Wildman–Crippen LogP) is 0.489. The fourth-order valence-corrected chi connectivity index (χ4v) is 2.66. The summed E-state index contributed by atoms with van der Waals surface area (Å²) in [5.74, 6) is 0. The first-order valence-corrected chi connectivity index (χ1v) is 7.87. The molecule has 1 saturated heterocycles. The van der Waals surface area contributed by atoms with Crippen LogP contribution < -0.4 is 15.5 Å². The molecule has 122 valence electrons. The van der Waals surface area contributed by atoms with Gasteiger partial charge in [-0.3, -0.25) is 4.90 Å². The Kier molecular flexibility index (Phi) is 6.48. The van der Waals surface area contributed by atoms with Gasteiger partial charge in [0, 0.05) is 51.0 Å². The van der Waals surface area contributed by atoms with E-state index < -0.39 is 0 Å². The summed E-state index contributed by atoms with van der Waals surface area (Å²) in [4.78, 5) is 16.3. The van der Waals surface area contributed by atoms with Crippen molar-refractivity contribution in [1.82, 2.24) is 15.5 Å². The molecule has 0 aromatic heterocycles. The third-order valence-corrected chi connectivity index (χ3v) is 4.01. The highest BCUT2D eigenvalue weighted by molar-refractivity contribution is 5.73. The van der Waals surface area contributed by atoms with E-state index >= 15 is 0 Å². The number of anilines is 1. The molecule has 0 bridgehead atoms. The highest BCUT2D eigenvalue weighted by Gasteiger charge is 2.21. The molecule has 1 aromatic rings. The Balaban J connectivity index is 1.71. The first-order chi connectivity index (χ1) is 10.7. The Morgan fingerprint density at radius 2 is 1.86 bits per heavy atom. The zero-order valence-electron chi connectivity index (χ0n) is 13.2. The first kappa shape index (κ1) is 16.6. The van der Waals surface area contributed by atoms with E-state index in [4.69, 9.17) is 5.11 Å². The molecule has 1 unspecified atom stereocenters. The maximum atomic E-state index is 11.5. The summed E-state index contributed by atoms with van der Waals surface area (Å²) in [5.41, 5.74) is 1.27. The lowest BCUT2D eigenvalue weighted by Crippen LogP contribution is -2.53. The van der Waals surface area contributed by atoms with Crippen LogP contribution in [0.25, 0.3) is 0 Å². The second kappa shape index (κ2) is 8.60. The van der Waals surface area contributed by atoms with Gasteiger partial charge in [-0.2, -0.15) is 0 Å². The first-order valence-electron chi connectivity index (χ1n) is 7.87. The van der Waals surface area contributed by atoms with E-state index in [1.807, 2.05) is 6.07 Å². The van der Waals surface area contributed by atoms with Crippen LogP contribution >= 0.6 is 0 Å². The number of nitrogens with zero attached hydrogens (tertiary/aromatic N) is 2. The molecule has 1 atom stereocenters.